The normalized spacial score (nSPS) is 24.2. The summed E-state index contributed by atoms with van der Waals surface area (Å²) in [6.45, 7) is 3.77. The Morgan fingerprint density at radius 3 is 2.48 bits per heavy atom. The number of nitrogen functional groups attached to an aromatic ring is 1. The Labute approximate surface area is 122 Å². The van der Waals surface area contributed by atoms with Crippen LogP contribution in [0.1, 0.15) is 20.3 Å². The van der Waals surface area contributed by atoms with E-state index >= 15 is 0 Å². The SMILES string of the molecule is CCC1COC(C)CN1S(=O)(=O)c1c(F)cc(N)cc1F. The van der Waals surface area contributed by atoms with Gasteiger partial charge in [0.1, 0.15) is 11.6 Å². The van der Waals surface area contributed by atoms with E-state index in [0.29, 0.717) is 6.42 Å². The molecule has 5 nitrogen and oxygen atoms in total. The van der Waals surface area contributed by atoms with Gasteiger partial charge in [0.2, 0.25) is 10.0 Å². The lowest BCUT2D eigenvalue weighted by Gasteiger charge is -2.37. The van der Waals surface area contributed by atoms with Crippen LogP contribution >= 0.6 is 0 Å². The zero-order valence-corrected chi connectivity index (χ0v) is 12.7. The number of morpholine rings is 1. The van der Waals surface area contributed by atoms with Crippen LogP contribution in [0.2, 0.25) is 0 Å². The maximum absolute atomic E-state index is 13.9. The second kappa shape index (κ2) is 5.86. The summed E-state index contributed by atoms with van der Waals surface area (Å²) in [5.74, 6) is -2.36. The molecular weight excluding hydrogens is 302 g/mol. The first-order valence-corrected chi connectivity index (χ1v) is 8.09. The van der Waals surface area contributed by atoms with Gasteiger partial charge in [-0.1, -0.05) is 6.92 Å². The molecule has 21 heavy (non-hydrogen) atoms. The van der Waals surface area contributed by atoms with Crippen molar-refractivity contribution in [2.24, 2.45) is 0 Å². The lowest BCUT2D eigenvalue weighted by Crippen LogP contribution is -2.51. The zero-order valence-electron chi connectivity index (χ0n) is 11.8. The van der Waals surface area contributed by atoms with Crippen LogP contribution in [0.25, 0.3) is 0 Å². The summed E-state index contributed by atoms with van der Waals surface area (Å²) in [4.78, 5) is -0.954. The molecule has 0 amide bonds. The van der Waals surface area contributed by atoms with Crippen LogP contribution in [0.3, 0.4) is 0 Å². The summed E-state index contributed by atoms with van der Waals surface area (Å²) in [6.07, 6.45) is 0.159. The highest BCUT2D eigenvalue weighted by Crippen LogP contribution is 2.29. The van der Waals surface area contributed by atoms with Crippen molar-refractivity contribution in [3.05, 3.63) is 23.8 Å². The number of nitrogens with two attached hydrogens (primary N) is 1. The standard InChI is InChI=1S/C13H18F2N2O3S/c1-3-10-7-20-8(2)6-17(10)21(18,19)13-11(14)4-9(16)5-12(13)15/h4-5,8,10H,3,6-7,16H2,1-2H3. The fourth-order valence-corrected chi connectivity index (χ4v) is 4.23. The van der Waals surface area contributed by atoms with E-state index < -0.39 is 32.6 Å². The van der Waals surface area contributed by atoms with Crippen LogP contribution in [-0.4, -0.2) is 38.0 Å². The van der Waals surface area contributed by atoms with Crippen LogP contribution in [0.15, 0.2) is 17.0 Å². The molecule has 1 aliphatic rings. The minimum Gasteiger partial charge on any atom is -0.399 e. The van der Waals surface area contributed by atoms with Crippen LogP contribution in [0.4, 0.5) is 14.5 Å². The second-order valence-corrected chi connectivity index (χ2v) is 6.92. The maximum atomic E-state index is 13.9. The molecule has 0 aliphatic carbocycles. The van der Waals surface area contributed by atoms with Crippen molar-refractivity contribution >= 4 is 15.7 Å². The second-order valence-electron chi connectivity index (χ2n) is 5.09. The molecule has 0 bridgehead atoms. The molecule has 1 aromatic rings. The molecule has 1 heterocycles. The number of anilines is 1. The van der Waals surface area contributed by atoms with E-state index in [1.165, 1.54) is 0 Å². The van der Waals surface area contributed by atoms with Crippen molar-refractivity contribution in [3.63, 3.8) is 0 Å². The maximum Gasteiger partial charge on any atom is 0.249 e. The Hall–Kier alpha value is -1.25. The fourth-order valence-electron chi connectivity index (χ4n) is 2.37. The molecule has 2 unspecified atom stereocenters. The Morgan fingerprint density at radius 2 is 1.95 bits per heavy atom. The van der Waals surface area contributed by atoms with E-state index in [9.17, 15) is 17.2 Å². The third-order valence-electron chi connectivity index (χ3n) is 3.48. The van der Waals surface area contributed by atoms with Crippen LogP contribution in [0.5, 0.6) is 0 Å². The number of hydrogen-bond donors (Lipinski definition) is 1. The summed E-state index contributed by atoms with van der Waals surface area (Å²) in [7, 11) is -4.29. The van der Waals surface area contributed by atoms with Crippen molar-refractivity contribution in [1.82, 2.24) is 4.31 Å². The van der Waals surface area contributed by atoms with Gasteiger partial charge in [-0.3, -0.25) is 0 Å². The van der Waals surface area contributed by atoms with E-state index in [1.54, 1.807) is 13.8 Å². The molecule has 0 spiro atoms. The highest BCUT2D eigenvalue weighted by molar-refractivity contribution is 7.89. The lowest BCUT2D eigenvalue weighted by molar-refractivity contribution is -0.0231. The van der Waals surface area contributed by atoms with E-state index in [-0.39, 0.29) is 24.9 Å². The summed E-state index contributed by atoms with van der Waals surface area (Å²) >= 11 is 0. The van der Waals surface area contributed by atoms with Crippen molar-refractivity contribution in [2.45, 2.75) is 37.3 Å². The molecule has 2 atom stereocenters. The van der Waals surface area contributed by atoms with Gasteiger partial charge in [0.05, 0.1) is 12.7 Å². The summed E-state index contributed by atoms with van der Waals surface area (Å²) in [5, 5.41) is 0. The van der Waals surface area contributed by atoms with Crippen LogP contribution < -0.4 is 5.73 Å². The molecular formula is C13H18F2N2O3S. The number of rotatable bonds is 3. The van der Waals surface area contributed by atoms with Gasteiger partial charge in [-0.05, 0) is 25.5 Å². The van der Waals surface area contributed by atoms with Crippen molar-refractivity contribution < 1.29 is 21.9 Å². The van der Waals surface area contributed by atoms with Gasteiger partial charge in [0.15, 0.2) is 4.90 Å². The van der Waals surface area contributed by atoms with Gasteiger partial charge in [-0.2, -0.15) is 4.31 Å². The number of benzene rings is 1. The molecule has 8 heteroatoms. The molecule has 118 valence electrons. The lowest BCUT2D eigenvalue weighted by atomic mass is 10.2. The number of nitrogens with zero attached hydrogens (tertiary/aromatic N) is 1. The van der Waals surface area contributed by atoms with Crippen molar-refractivity contribution in [1.29, 1.82) is 0 Å². The Balaban J connectivity index is 2.50. The average molecular weight is 320 g/mol. The predicted molar refractivity (Wildman–Crippen MR) is 74.2 cm³/mol. The molecule has 0 radical (unpaired) electrons. The minimum atomic E-state index is -4.29. The zero-order chi connectivity index (χ0) is 15.8. The highest BCUT2D eigenvalue weighted by Gasteiger charge is 2.38. The summed E-state index contributed by atoms with van der Waals surface area (Å²) in [6, 6.07) is 1.17. The fraction of sp³-hybridized carbons (Fsp3) is 0.538. The van der Waals surface area contributed by atoms with Crippen LogP contribution in [-0.2, 0) is 14.8 Å². The Morgan fingerprint density at radius 1 is 1.38 bits per heavy atom. The molecule has 1 aromatic carbocycles. The summed E-state index contributed by atoms with van der Waals surface area (Å²) < 4.78 is 59.6. The minimum absolute atomic E-state index is 0.0596. The molecule has 0 saturated carbocycles. The van der Waals surface area contributed by atoms with Gasteiger partial charge in [-0.15, -0.1) is 0 Å². The van der Waals surface area contributed by atoms with Gasteiger partial charge < -0.3 is 10.5 Å². The monoisotopic (exact) mass is 320 g/mol. The topological polar surface area (TPSA) is 72.6 Å². The molecule has 1 fully saturated rings. The van der Waals surface area contributed by atoms with Gasteiger partial charge in [0.25, 0.3) is 0 Å². The first-order valence-electron chi connectivity index (χ1n) is 6.65. The number of hydrogen-bond acceptors (Lipinski definition) is 4. The largest absolute Gasteiger partial charge is 0.399 e. The van der Waals surface area contributed by atoms with Gasteiger partial charge >= 0.3 is 0 Å². The van der Waals surface area contributed by atoms with Crippen molar-refractivity contribution in [2.75, 3.05) is 18.9 Å². The molecule has 1 saturated heterocycles. The molecule has 1 aliphatic heterocycles. The third-order valence-corrected chi connectivity index (χ3v) is 5.45. The molecule has 2 N–H and O–H groups in total. The highest BCUT2D eigenvalue weighted by atomic mass is 32.2. The number of ether oxygens (including phenoxy) is 1. The number of halogens is 2. The third kappa shape index (κ3) is 3.02. The first kappa shape index (κ1) is 16.1. The van der Waals surface area contributed by atoms with E-state index in [4.69, 9.17) is 10.5 Å². The van der Waals surface area contributed by atoms with Gasteiger partial charge in [-0.25, -0.2) is 17.2 Å². The van der Waals surface area contributed by atoms with E-state index in [1.807, 2.05) is 0 Å². The average Bonchev–Trinajstić information content (AvgIpc) is 2.37. The smallest absolute Gasteiger partial charge is 0.249 e. The van der Waals surface area contributed by atoms with Crippen LogP contribution in [0, 0.1) is 11.6 Å². The Kier molecular flexibility index (Phi) is 4.50. The first-order chi connectivity index (χ1) is 9.77. The van der Waals surface area contributed by atoms with E-state index in [0.717, 1.165) is 16.4 Å². The Bertz CT molecular complexity index is 613. The van der Waals surface area contributed by atoms with E-state index in [2.05, 4.69) is 0 Å². The predicted octanol–water partition coefficient (Wildman–Crippen LogP) is 1.74. The molecule has 2 rings (SSSR count). The summed E-state index contributed by atoms with van der Waals surface area (Å²) in [5.41, 5.74) is 5.16. The van der Waals surface area contributed by atoms with Crippen molar-refractivity contribution in [3.8, 4) is 0 Å². The van der Waals surface area contributed by atoms with Gasteiger partial charge in [0, 0.05) is 18.3 Å². The molecule has 0 aromatic heterocycles. The quantitative estimate of drug-likeness (QED) is 0.861. The number of sulfonamides is 1.